The van der Waals surface area contributed by atoms with E-state index < -0.39 is 5.97 Å². The number of halogens is 1. The Morgan fingerprint density at radius 3 is 2.88 bits per heavy atom. The molecule has 0 bridgehead atoms. The van der Waals surface area contributed by atoms with E-state index in [9.17, 15) is 4.79 Å². The van der Waals surface area contributed by atoms with Crippen LogP contribution >= 0.6 is 11.6 Å². The van der Waals surface area contributed by atoms with Gasteiger partial charge in [0.1, 0.15) is 11.0 Å². The second kappa shape index (κ2) is 5.70. The fourth-order valence-corrected chi connectivity index (χ4v) is 1.66. The number of hydrogen-bond acceptors (Lipinski definition) is 3. The lowest BCUT2D eigenvalue weighted by atomic mass is 10.2. The summed E-state index contributed by atoms with van der Waals surface area (Å²) in [5.41, 5.74) is 0.145. The number of rotatable bonds is 5. The molecule has 1 unspecified atom stereocenters. The maximum atomic E-state index is 10.8. The Kier molecular flexibility index (Phi) is 4.55. The lowest BCUT2D eigenvalue weighted by molar-refractivity contribution is 0.0697. The van der Waals surface area contributed by atoms with Crippen molar-refractivity contribution in [2.75, 3.05) is 5.32 Å². The summed E-state index contributed by atoms with van der Waals surface area (Å²) in [7, 11) is 0. The van der Waals surface area contributed by atoms with Crippen molar-refractivity contribution in [1.82, 2.24) is 4.98 Å². The molecule has 0 amide bonds. The van der Waals surface area contributed by atoms with Gasteiger partial charge in [-0.1, -0.05) is 24.9 Å². The van der Waals surface area contributed by atoms with Gasteiger partial charge in [-0.2, -0.15) is 0 Å². The second-order valence-electron chi connectivity index (χ2n) is 3.70. The Bertz CT molecular complexity index is 382. The third-order valence-corrected chi connectivity index (χ3v) is 2.35. The third-order valence-electron chi connectivity index (χ3n) is 2.16. The van der Waals surface area contributed by atoms with Crippen molar-refractivity contribution in [3.8, 4) is 0 Å². The number of aromatic nitrogens is 1. The van der Waals surface area contributed by atoms with E-state index in [4.69, 9.17) is 16.7 Å². The summed E-state index contributed by atoms with van der Waals surface area (Å²) in [5.74, 6) is -0.499. The van der Waals surface area contributed by atoms with Gasteiger partial charge >= 0.3 is 5.97 Å². The predicted octanol–water partition coefficient (Wildman–Crippen LogP) is 3.03. The van der Waals surface area contributed by atoms with Crippen LogP contribution in [0.1, 0.15) is 37.0 Å². The Hall–Kier alpha value is -1.29. The van der Waals surface area contributed by atoms with Gasteiger partial charge in [-0.25, -0.2) is 9.78 Å². The highest BCUT2D eigenvalue weighted by molar-refractivity contribution is 6.29. The molecule has 0 saturated heterocycles. The van der Waals surface area contributed by atoms with Crippen molar-refractivity contribution in [3.05, 3.63) is 22.8 Å². The zero-order valence-electron chi connectivity index (χ0n) is 9.33. The quantitative estimate of drug-likeness (QED) is 0.779. The minimum absolute atomic E-state index is 0.145. The molecule has 0 spiro atoms. The molecule has 0 radical (unpaired) electrons. The smallest absolute Gasteiger partial charge is 0.335 e. The molecule has 5 heteroatoms. The molecule has 1 aromatic heterocycles. The van der Waals surface area contributed by atoms with Crippen molar-refractivity contribution in [3.63, 3.8) is 0 Å². The Morgan fingerprint density at radius 2 is 2.31 bits per heavy atom. The molecule has 16 heavy (non-hydrogen) atoms. The molecule has 0 aliphatic heterocycles. The van der Waals surface area contributed by atoms with E-state index in [-0.39, 0.29) is 16.8 Å². The average molecular weight is 243 g/mol. The zero-order valence-corrected chi connectivity index (χ0v) is 10.1. The van der Waals surface area contributed by atoms with Gasteiger partial charge < -0.3 is 10.4 Å². The molecular weight excluding hydrogens is 228 g/mol. The van der Waals surface area contributed by atoms with Crippen LogP contribution < -0.4 is 5.32 Å². The number of pyridine rings is 1. The molecule has 1 atom stereocenters. The number of carbonyl (C=O) groups is 1. The highest BCUT2D eigenvalue weighted by Crippen LogP contribution is 2.16. The van der Waals surface area contributed by atoms with Crippen LogP contribution in [0.4, 0.5) is 5.82 Å². The minimum Gasteiger partial charge on any atom is -0.478 e. The number of carboxylic acid groups (broad SMARTS) is 1. The van der Waals surface area contributed by atoms with E-state index in [0.29, 0.717) is 5.82 Å². The standard InChI is InChI=1S/C11H15ClN2O2/c1-3-4-7(2)13-10-6-8(11(15)16)5-9(12)14-10/h5-7H,3-4H2,1-2H3,(H,13,14)(H,15,16). The van der Waals surface area contributed by atoms with Crippen LogP contribution in [0.15, 0.2) is 12.1 Å². The SMILES string of the molecule is CCCC(C)Nc1cc(C(=O)O)cc(Cl)n1. The molecule has 1 rings (SSSR count). The van der Waals surface area contributed by atoms with Gasteiger partial charge in [0, 0.05) is 6.04 Å². The molecular formula is C11H15ClN2O2. The number of aromatic carboxylic acids is 1. The van der Waals surface area contributed by atoms with E-state index in [1.54, 1.807) is 0 Å². The van der Waals surface area contributed by atoms with Crippen LogP contribution in [0.3, 0.4) is 0 Å². The van der Waals surface area contributed by atoms with Crippen molar-refractivity contribution in [2.45, 2.75) is 32.7 Å². The average Bonchev–Trinajstić information content (AvgIpc) is 2.16. The summed E-state index contributed by atoms with van der Waals surface area (Å²) in [6.45, 7) is 4.11. The maximum absolute atomic E-state index is 10.8. The summed E-state index contributed by atoms with van der Waals surface area (Å²) < 4.78 is 0. The number of nitrogens with one attached hydrogen (secondary N) is 1. The van der Waals surface area contributed by atoms with E-state index in [0.717, 1.165) is 12.8 Å². The molecule has 1 aromatic rings. The van der Waals surface area contributed by atoms with Crippen molar-refractivity contribution >= 4 is 23.4 Å². The summed E-state index contributed by atoms with van der Waals surface area (Å²) in [6, 6.07) is 3.07. The summed E-state index contributed by atoms with van der Waals surface area (Å²) in [4.78, 5) is 14.8. The largest absolute Gasteiger partial charge is 0.478 e. The first-order valence-electron chi connectivity index (χ1n) is 5.20. The number of nitrogens with zero attached hydrogens (tertiary/aromatic N) is 1. The van der Waals surface area contributed by atoms with Crippen LogP contribution in [0, 0.1) is 0 Å². The third kappa shape index (κ3) is 3.70. The van der Waals surface area contributed by atoms with Gasteiger partial charge in [-0.05, 0) is 25.5 Å². The number of anilines is 1. The topological polar surface area (TPSA) is 62.2 Å². The summed E-state index contributed by atoms with van der Waals surface area (Å²) >= 11 is 5.74. The van der Waals surface area contributed by atoms with Crippen LogP contribution in [0.5, 0.6) is 0 Å². The first-order valence-corrected chi connectivity index (χ1v) is 5.58. The first kappa shape index (κ1) is 12.8. The van der Waals surface area contributed by atoms with Crippen molar-refractivity contribution < 1.29 is 9.90 Å². The first-order chi connectivity index (χ1) is 7.52. The fourth-order valence-electron chi connectivity index (χ4n) is 1.45. The van der Waals surface area contributed by atoms with Crippen molar-refractivity contribution in [2.24, 2.45) is 0 Å². The second-order valence-corrected chi connectivity index (χ2v) is 4.09. The Labute approximate surface area is 99.6 Å². The number of hydrogen-bond donors (Lipinski definition) is 2. The van der Waals surface area contributed by atoms with Gasteiger partial charge in [0.15, 0.2) is 0 Å². The molecule has 0 fully saturated rings. The predicted molar refractivity (Wildman–Crippen MR) is 64.2 cm³/mol. The summed E-state index contributed by atoms with van der Waals surface area (Å²) in [5, 5.41) is 12.2. The van der Waals surface area contributed by atoms with Gasteiger partial charge in [0.05, 0.1) is 5.56 Å². The molecule has 4 nitrogen and oxygen atoms in total. The number of carboxylic acids is 1. The van der Waals surface area contributed by atoms with E-state index in [1.807, 2.05) is 6.92 Å². The van der Waals surface area contributed by atoms with Crippen LogP contribution in [-0.4, -0.2) is 22.1 Å². The minimum atomic E-state index is -1.00. The van der Waals surface area contributed by atoms with E-state index >= 15 is 0 Å². The lowest BCUT2D eigenvalue weighted by Crippen LogP contribution is -2.16. The Balaban J connectivity index is 2.84. The monoisotopic (exact) mass is 242 g/mol. The van der Waals surface area contributed by atoms with Crippen LogP contribution in [0.2, 0.25) is 5.15 Å². The van der Waals surface area contributed by atoms with Crippen molar-refractivity contribution in [1.29, 1.82) is 0 Å². The van der Waals surface area contributed by atoms with Gasteiger partial charge in [0.2, 0.25) is 0 Å². The van der Waals surface area contributed by atoms with Gasteiger partial charge in [0.25, 0.3) is 0 Å². The molecule has 1 heterocycles. The lowest BCUT2D eigenvalue weighted by Gasteiger charge is -2.13. The van der Waals surface area contributed by atoms with Gasteiger partial charge in [-0.15, -0.1) is 0 Å². The molecule has 0 aliphatic carbocycles. The molecule has 2 N–H and O–H groups in total. The zero-order chi connectivity index (χ0) is 12.1. The van der Waals surface area contributed by atoms with Crippen LogP contribution in [-0.2, 0) is 0 Å². The molecule has 88 valence electrons. The highest BCUT2D eigenvalue weighted by Gasteiger charge is 2.09. The van der Waals surface area contributed by atoms with E-state index in [1.165, 1.54) is 12.1 Å². The maximum Gasteiger partial charge on any atom is 0.335 e. The fraction of sp³-hybridized carbons (Fsp3) is 0.455. The molecule has 0 saturated carbocycles. The Morgan fingerprint density at radius 1 is 1.62 bits per heavy atom. The highest BCUT2D eigenvalue weighted by atomic mass is 35.5. The van der Waals surface area contributed by atoms with E-state index in [2.05, 4.69) is 17.2 Å². The molecule has 0 aliphatic rings. The van der Waals surface area contributed by atoms with Gasteiger partial charge in [-0.3, -0.25) is 0 Å². The summed E-state index contributed by atoms with van der Waals surface area (Å²) in [6.07, 6.45) is 2.05. The van der Waals surface area contributed by atoms with Crippen LogP contribution in [0.25, 0.3) is 0 Å². The normalized spacial score (nSPS) is 12.2. The molecule has 0 aromatic carbocycles.